The predicted octanol–water partition coefficient (Wildman–Crippen LogP) is 3.32. The average Bonchev–Trinajstić information content (AvgIpc) is 2.54. The Morgan fingerprint density at radius 1 is 1.17 bits per heavy atom. The van der Waals surface area contributed by atoms with E-state index in [0.29, 0.717) is 10.9 Å². The average molecular weight is 330 g/mol. The molecule has 0 fully saturated rings. The van der Waals surface area contributed by atoms with E-state index in [1.54, 1.807) is 18.2 Å². The summed E-state index contributed by atoms with van der Waals surface area (Å²) in [5.41, 5.74) is 1.11. The van der Waals surface area contributed by atoms with Gasteiger partial charge in [0.15, 0.2) is 6.20 Å². The van der Waals surface area contributed by atoms with Gasteiger partial charge in [-0.25, -0.2) is 0 Å². The summed E-state index contributed by atoms with van der Waals surface area (Å²) in [6.45, 7) is 4.28. The number of rotatable bonds is 7. The molecule has 0 spiro atoms. The number of aromatic nitrogens is 1. The molecule has 1 heterocycles. The number of nitrogens with one attached hydrogen (secondary N) is 1. The number of carbonyl (C=O) groups excluding carboxylic acids is 1. The Bertz CT molecular complexity index is 632. The molecule has 0 saturated carbocycles. The summed E-state index contributed by atoms with van der Waals surface area (Å²) in [5, 5.41) is 15.2. The van der Waals surface area contributed by atoms with Crippen molar-refractivity contribution in [2.45, 2.75) is 31.3 Å². The van der Waals surface area contributed by atoms with Gasteiger partial charge in [0.05, 0.1) is 11.8 Å². The van der Waals surface area contributed by atoms with Crippen molar-refractivity contribution >= 4 is 17.7 Å². The van der Waals surface area contributed by atoms with Gasteiger partial charge in [-0.1, -0.05) is 44.2 Å². The zero-order valence-electron chi connectivity index (χ0n) is 13.4. The number of thioether (sulfide) groups is 1. The molecule has 1 N–H and O–H groups in total. The molecule has 0 aliphatic heterocycles. The first-order valence-electron chi connectivity index (χ1n) is 7.71. The van der Waals surface area contributed by atoms with E-state index in [4.69, 9.17) is 0 Å². The topological polar surface area (TPSA) is 56.0 Å². The molecule has 5 heteroatoms. The van der Waals surface area contributed by atoms with Gasteiger partial charge in [0.2, 0.25) is 5.91 Å². The van der Waals surface area contributed by atoms with Crippen LogP contribution in [0.2, 0.25) is 0 Å². The molecule has 1 unspecified atom stereocenters. The van der Waals surface area contributed by atoms with Crippen molar-refractivity contribution in [2.75, 3.05) is 5.75 Å². The van der Waals surface area contributed by atoms with Crippen molar-refractivity contribution in [1.82, 2.24) is 5.32 Å². The van der Waals surface area contributed by atoms with Gasteiger partial charge >= 0.3 is 0 Å². The summed E-state index contributed by atoms with van der Waals surface area (Å²) in [4.78, 5) is 12.2. The number of benzene rings is 1. The lowest BCUT2D eigenvalue weighted by Gasteiger charge is -2.21. The van der Waals surface area contributed by atoms with Crippen LogP contribution in [0.4, 0.5) is 0 Å². The van der Waals surface area contributed by atoms with Crippen molar-refractivity contribution in [3.8, 4) is 0 Å². The van der Waals surface area contributed by atoms with Crippen molar-refractivity contribution in [3.05, 3.63) is 65.5 Å². The first kappa shape index (κ1) is 17.3. The Balaban J connectivity index is 1.96. The molecule has 1 amide bonds. The van der Waals surface area contributed by atoms with Gasteiger partial charge in [-0.3, -0.25) is 4.79 Å². The molecule has 2 aromatic rings. The summed E-state index contributed by atoms with van der Waals surface area (Å²) in [5.74, 6) is 0.646. The number of nitrogens with zero attached hydrogens (tertiary/aromatic N) is 1. The largest absolute Gasteiger partial charge is 0.618 e. The van der Waals surface area contributed by atoms with Crippen LogP contribution in [0.3, 0.4) is 0 Å². The Morgan fingerprint density at radius 2 is 1.87 bits per heavy atom. The number of carbonyl (C=O) groups is 1. The number of pyridine rings is 1. The second-order valence-electron chi connectivity index (χ2n) is 5.81. The van der Waals surface area contributed by atoms with Crippen LogP contribution >= 0.6 is 11.8 Å². The lowest BCUT2D eigenvalue weighted by atomic mass is 9.97. The Morgan fingerprint density at radius 3 is 2.52 bits per heavy atom. The minimum Gasteiger partial charge on any atom is -0.618 e. The second kappa shape index (κ2) is 8.58. The van der Waals surface area contributed by atoms with E-state index in [0.717, 1.165) is 16.7 Å². The second-order valence-corrected chi connectivity index (χ2v) is 6.81. The molecule has 1 aromatic carbocycles. The van der Waals surface area contributed by atoms with Crippen LogP contribution in [-0.4, -0.2) is 11.7 Å². The fourth-order valence-electron chi connectivity index (χ4n) is 2.33. The Labute approximate surface area is 141 Å². The van der Waals surface area contributed by atoms with Crippen LogP contribution in [0.5, 0.6) is 0 Å². The molecule has 0 aliphatic carbocycles. The first-order chi connectivity index (χ1) is 11.1. The van der Waals surface area contributed by atoms with E-state index in [1.165, 1.54) is 18.0 Å². The predicted molar refractivity (Wildman–Crippen MR) is 92.9 cm³/mol. The normalized spacial score (nSPS) is 12.1. The van der Waals surface area contributed by atoms with Crippen LogP contribution in [0.1, 0.15) is 31.9 Å². The van der Waals surface area contributed by atoms with Gasteiger partial charge < -0.3 is 10.5 Å². The highest BCUT2D eigenvalue weighted by atomic mass is 32.2. The van der Waals surface area contributed by atoms with Gasteiger partial charge in [0.25, 0.3) is 5.03 Å². The minimum atomic E-state index is -0.0617. The molecule has 1 atom stereocenters. The van der Waals surface area contributed by atoms with Crippen molar-refractivity contribution in [1.29, 1.82) is 0 Å². The molecule has 2 rings (SSSR count). The highest BCUT2D eigenvalue weighted by molar-refractivity contribution is 7.99. The van der Waals surface area contributed by atoms with Crippen LogP contribution in [-0.2, 0) is 4.79 Å². The van der Waals surface area contributed by atoms with E-state index < -0.39 is 0 Å². The number of hydrogen-bond acceptors (Lipinski definition) is 3. The van der Waals surface area contributed by atoms with Gasteiger partial charge in [0.1, 0.15) is 0 Å². The summed E-state index contributed by atoms with van der Waals surface area (Å²) < 4.78 is 0.779. The fourth-order valence-corrected chi connectivity index (χ4v) is 3.06. The van der Waals surface area contributed by atoms with E-state index in [1.807, 2.05) is 30.3 Å². The van der Waals surface area contributed by atoms with Crippen molar-refractivity contribution in [3.63, 3.8) is 0 Å². The maximum atomic E-state index is 12.2. The minimum absolute atomic E-state index is 0.000511. The monoisotopic (exact) mass is 330 g/mol. The van der Waals surface area contributed by atoms with Crippen molar-refractivity contribution < 1.29 is 9.52 Å². The highest BCUT2D eigenvalue weighted by Gasteiger charge is 2.17. The molecule has 122 valence electrons. The van der Waals surface area contributed by atoms with Gasteiger partial charge in [-0.15, -0.1) is 0 Å². The lowest BCUT2D eigenvalue weighted by molar-refractivity contribution is -0.645. The van der Waals surface area contributed by atoms with Gasteiger partial charge in [0, 0.05) is 12.1 Å². The molecule has 0 radical (unpaired) electrons. The van der Waals surface area contributed by atoms with Crippen LogP contribution in [0.15, 0.2) is 59.8 Å². The van der Waals surface area contributed by atoms with Crippen LogP contribution < -0.4 is 10.0 Å². The zero-order valence-corrected chi connectivity index (χ0v) is 14.3. The van der Waals surface area contributed by atoms with E-state index in [2.05, 4.69) is 19.2 Å². The fraction of sp³-hybridized carbons (Fsp3) is 0.333. The maximum absolute atomic E-state index is 12.2. The van der Waals surface area contributed by atoms with Gasteiger partial charge in [-0.05, 0) is 35.7 Å². The molecule has 1 aromatic heterocycles. The van der Waals surface area contributed by atoms with Crippen LogP contribution in [0, 0.1) is 11.1 Å². The molecule has 0 saturated heterocycles. The molecular formula is C18H22N2O2S. The highest BCUT2D eigenvalue weighted by Crippen LogP contribution is 2.21. The first-order valence-corrected chi connectivity index (χ1v) is 8.70. The van der Waals surface area contributed by atoms with E-state index in [9.17, 15) is 10.0 Å². The van der Waals surface area contributed by atoms with E-state index >= 15 is 0 Å². The summed E-state index contributed by atoms with van der Waals surface area (Å²) in [6, 6.07) is 15.2. The Kier molecular flexibility index (Phi) is 6.47. The van der Waals surface area contributed by atoms with Crippen LogP contribution in [0.25, 0.3) is 0 Å². The molecule has 0 aliphatic rings. The molecule has 0 bridgehead atoms. The van der Waals surface area contributed by atoms with Crippen molar-refractivity contribution in [2.24, 2.45) is 5.92 Å². The quantitative estimate of drug-likeness (QED) is 0.481. The molecule has 23 heavy (non-hydrogen) atoms. The third-order valence-electron chi connectivity index (χ3n) is 3.38. The smallest absolute Gasteiger partial charge is 0.251 e. The third kappa shape index (κ3) is 5.60. The molecular weight excluding hydrogens is 308 g/mol. The summed E-state index contributed by atoms with van der Waals surface area (Å²) in [7, 11) is 0. The number of amides is 1. The summed E-state index contributed by atoms with van der Waals surface area (Å²) in [6.07, 6.45) is 2.32. The maximum Gasteiger partial charge on any atom is 0.251 e. The SMILES string of the molecule is CC(C)CC(NC(=O)CSc1cccc[n+]1[O-])c1ccccc1. The Hall–Kier alpha value is -2.01. The zero-order chi connectivity index (χ0) is 16.7. The third-order valence-corrected chi connectivity index (χ3v) is 4.40. The standard InChI is InChI=1S/C18H22N2O2S/c1-14(2)12-16(15-8-4-3-5-9-15)19-17(21)13-23-18-10-6-7-11-20(18)22/h3-11,14,16H,12-13H2,1-2H3,(H,19,21). The summed E-state index contributed by atoms with van der Waals surface area (Å²) >= 11 is 1.25. The lowest BCUT2D eigenvalue weighted by Crippen LogP contribution is -2.32. The van der Waals surface area contributed by atoms with E-state index in [-0.39, 0.29) is 17.7 Å². The number of hydrogen-bond donors (Lipinski definition) is 1. The van der Waals surface area contributed by atoms with Gasteiger partial charge in [-0.2, -0.15) is 4.73 Å². The molecule has 4 nitrogen and oxygen atoms in total.